The largest absolute Gasteiger partial charge is 0.432 e. The lowest BCUT2D eigenvalue weighted by atomic mass is 10.0. The first-order valence-electron chi connectivity index (χ1n) is 6.81. The molecule has 1 heterocycles. The Hall–Kier alpha value is -2.31. The highest BCUT2D eigenvalue weighted by atomic mass is 19.4. The minimum atomic E-state index is -4.55. The number of benzene rings is 1. The zero-order valence-electron chi connectivity index (χ0n) is 12.2. The Morgan fingerprint density at radius 3 is 2.45 bits per heavy atom. The van der Waals surface area contributed by atoms with Crippen molar-refractivity contribution in [2.45, 2.75) is 32.5 Å². The predicted octanol–water partition coefficient (Wildman–Crippen LogP) is 3.62. The minimum absolute atomic E-state index is 0.279. The second-order valence-corrected chi connectivity index (χ2v) is 5.01. The van der Waals surface area contributed by atoms with Gasteiger partial charge in [0.2, 0.25) is 0 Å². The van der Waals surface area contributed by atoms with Gasteiger partial charge in [-0.2, -0.15) is 18.3 Å². The molecule has 0 aliphatic heterocycles. The number of aryl methyl sites for hydroxylation is 1. The number of nitrogens with one attached hydrogen (secondary N) is 2. The summed E-state index contributed by atoms with van der Waals surface area (Å²) in [5, 5.41) is 7.94. The Morgan fingerprint density at radius 2 is 1.95 bits per heavy atom. The fraction of sp³-hybridized carbons (Fsp3) is 0.333. The monoisotopic (exact) mass is 311 g/mol. The summed E-state index contributed by atoms with van der Waals surface area (Å²) in [7, 11) is 0. The summed E-state index contributed by atoms with van der Waals surface area (Å²) in [6, 6.07) is 8.03. The summed E-state index contributed by atoms with van der Waals surface area (Å²) in [5.74, 6) is -0.640. The molecular formula is C15H16F3N3O. The topological polar surface area (TPSA) is 57.8 Å². The number of rotatable bonds is 4. The summed E-state index contributed by atoms with van der Waals surface area (Å²) in [5.41, 5.74) is 0.666. The highest BCUT2D eigenvalue weighted by Crippen LogP contribution is 2.27. The highest BCUT2D eigenvalue weighted by molar-refractivity contribution is 5.92. The number of aromatic nitrogens is 2. The Kier molecular flexibility index (Phi) is 4.54. The molecule has 0 aliphatic rings. The Labute approximate surface area is 125 Å². The minimum Gasteiger partial charge on any atom is -0.344 e. The molecule has 0 radical (unpaired) electrons. The number of halogens is 3. The van der Waals surface area contributed by atoms with Gasteiger partial charge in [0.25, 0.3) is 5.91 Å². The standard InChI is InChI=1S/C15H16F3N3O/c1-3-11(10-6-4-9(2)5-7-10)19-14(22)12-8-13(21-20-12)15(16,17)18/h4-8,11H,3H2,1-2H3,(H,19,22)(H,20,21). The van der Waals surface area contributed by atoms with Gasteiger partial charge in [0, 0.05) is 6.07 Å². The molecule has 1 aromatic heterocycles. The van der Waals surface area contributed by atoms with E-state index in [1.54, 1.807) is 0 Å². The molecule has 0 saturated carbocycles. The number of H-pyrrole nitrogens is 1. The molecule has 0 saturated heterocycles. The summed E-state index contributed by atoms with van der Waals surface area (Å²) >= 11 is 0. The van der Waals surface area contributed by atoms with E-state index in [2.05, 4.69) is 10.4 Å². The van der Waals surface area contributed by atoms with Crippen molar-refractivity contribution in [2.75, 3.05) is 0 Å². The number of alkyl halides is 3. The van der Waals surface area contributed by atoms with Crippen molar-refractivity contribution in [1.82, 2.24) is 15.5 Å². The number of aromatic amines is 1. The molecule has 1 aromatic carbocycles. The van der Waals surface area contributed by atoms with Crippen LogP contribution < -0.4 is 5.32 Å². The van der Waals surface area contributed by atoms with Crippen LogP contribution >= 0.6 is 0 Å². The molecule has 2 aromatic rings. The van der Waals surface area contributed by atoms with E-state index in [1.165, 1.54) is 0 Å². The molecular weight excluding hydrogens is 295 g/mol. The van der Waals surface area contributed by atoms with Crippen LogP contribution in [0.5, 0.6) is 0 Å². The van der Waals surface area contributed by atoms with E-state index in [0.29, 0.717) is 12.5 Å². The average molecular weight is 311 g/mol. The van der Waals surface area contributed by atoms with Gasteiger partial charge < -0.3 is 5.32 Å². The third-order valence-electron chi connectivity index (χ3n) is 3.31. The number of hydrogen-bond acceptors (Lipinski definition) is 2. The molecule has 7 heteroatoms. The van der Waals surface area contributed by atoms with Crippen LogP contribution in [-0.2, 0) is 6.18 Å². The molecule has 0 bridgehead atoms. The summed E-state index contributed by atoms with van der Waals surface area (Å²) < 4.78 is 37.5. The van der Waals surface area contributed by atoms with Crippen LogP contribution in [-0.4, -0.2) is 16.1 Å². The van der Waals surface area contributed by atoms with Gasteiger partial charge in [-0.25, -0.2) is 0 Å². The SMILES string of the molecule is CCC(NC(=O)c1cc(C(F)(F)F)[nH]n1)c1ccc(C)cc1. The maximum atomic E-state index is 12.5. The Morgan fingerprint density at radius 1 is 1.32 bits per heavy atom. The van der Waals surface area contributed by atoms with Crippen LogP contribution in [0.1, 0.15) is 46.7 Å². The van der Waals surface area contributed by atoms with Gasteiger partial charge in [-0.1, -0.05) is 36.8 Å². The van der Waals surface area contributed by atoms with Crippen LogP contribution in [0.3, 0.4) is 0 Å². The number of carbonyl (C=O) groups is 1. The van der Waals surface area contributed by atoms with Crippen LogP contribution in [0.4, 0.5) is 13.2 Å². The van der Waals surface area contributed by atoms with E-state index in [9.17, 15) is 18.0 Å². The van der Waals surface area contributed by atoms with Crippen molar-refractivity contribution in [3.8, 4) is 0 Å². The maximum Gasteiger partial charge on any atom is 0.432 e. The molecule has 2 N–H and O–H groups in total. The fourth-order valence-electron chi connectivity index (χ4n) is 2.04. The van der Waals surface area contributed by atoms with E-state index in [1.807, 2.05) is 43.2 Å². The van der Waals surface area contributed by atoms with Gasteiger partial charge in [-0.3, -0.25) is 9.89 Å². The van der Waals surface area contributed by atoms with Crippen molar-refractivity contribution >= 4 is 5.91 Å². The molecule has 1 atom stereocenters. The third-order valence-corrected chi connectivity index (χ3v) is 3.31. The van der Waals surface area contributed by atoms with E-state index < -0.39 is 17.8 Å². The van der Waals surface area contributed by atoms with Crippen molar-refractivity contribution in [3.05, 3.63) is 52.8 Å². The number of hydrogen-bond donors (Lipinski definition) is 2. The van der Waals surface area contributed by atoms with Crippen LogP contribution in [0.2, 0.25) is 0 Å². The van der Waals surface area contributed by atoms with Crippen molar-refractivity contribution in [2.24, 2.45) is 0 Å². The Balaban J connectivity index is 2.12. The molecule has 0 spiro atoms. The van der Waals surface area contributed by atoms with E-state index in [0.717, 1.165) is 11.1 Å². The number of carbonyl (C=O) groups excluding carboxylic acids is 1. The molecule has 1 unspecified atom stereocenters. The van der Waals surface area contributed by atoms with E-state index in [4.69, 9.17) is 0 Å². The lowest BCUT2D eigenvalue weighted by molar-refractivity contribution is -0.141. The van der Waals surface area contributed by atoms with Crippen LogP contribution in [0.15, 0.2) is 30.3 Å². The maximum absolute atomic E-state index is 12.5. The summed E-state index contributed by atoms with van der Waals surface area (Å²) in [6.07, 6.45) is -3.93. The predicted molar refractivity (Wildman–Crippen MR) is 75.3 cm³/mol. The zero-order chi connectivity index (χ0) is 16.3. The molecule has 1 amide bonds. The molecule has 2 rings (SSSR count). The third kappa shape index (κ3) is 3.66. The molecule has 0 aliphatic carbocycles. The second kappa shape index (κ2) is 6.21. The van der Waals surface area contributed by atoms with Gasteiger partial charge in [-0.15, -0.1) is 0 Å². The number of amides is 1. The van der Waals surface area contributed by atoms with Gasteiger partial charge in [0.15, 0.2) is 5.69 Å². The Bertz CT molecular complexity index is 647. The summed E-state index contributed by atoms with van der Waals surface area (Å²) in [6.45, 7) is 3.84. The second-order valence-electron chi connectivity index (χ2n) is 5.01. The smallest absolute Gasteiger partial charge is 0.344 e. The average Bonchev–Trinajstić information content (AvgIpc) is 2.95. The highest BCUT2D eigenvalue weighted by Gasteiger charge is 2.34. The first kappa shape index (κ1) is 16.1. The van der Waals surface area contributed by atoms with E-state index in [-0.39, 0.29) is 11.7 Å². The van der Waals surface area contributed by atoms with Gasteiger partial charge in [-0.05, 0) is 18.9 Å². The molecule has 0 fully saturated rings. The lowest BCUT2D eigenvalue weighted by Crippen LogP contribution is -2.28. The van der Waals surface area contributed by atoms with Crippen molar-refractivity contribution in [3.63, 3.8) is 0 Å². The lowest BCUT2D eigenvalue weighted by Gasteiger charge is -2.17. The van der Waals surface area contributed by atoms with Crippen molar-refractivity contribution in [1.29, 1.82) is 0 Å². The van der Waals surface area contributed by atoms with Crippen LogP contribution in [0.25, 0.3) is 0 Å². The molecule has 22 heavy (non-hydrogen) atoms. The van der Waals surface area contributed by atoms with E-state index >= 15 is 0 Å². The number of nitrogens with zero attached hydrogens (tertiary/aromatic N) is 1. The fourth-order valence-corrected chi connectivity index (χ4v) is 2.04. The molecule has 4 nitrogen and oxygen atoms in total. The van der Waals surface area contributed by atoms with Crippen LogP contribution in [0, 0.1) is 6.92 Å². The van der Waals surface area contributed by atoms with Gasteiger partial charge in [0.05, 0.1) is 6.04 Å². The van der Waals surface area contributed by atoms with Crippen molar-refractivity contribution < 1.29 is 18.0 Å². The summed E-state index contributed by atoms with van der Waals surface area (Å²) in [4.78, 5) is 12.0. The van der Waals surface area contributed by atoms with Gasteiger partial charge >= 0.3 is 6.18 Å². The zero-order valence-corrected chi connectivity index (χ0v) is 12.2. The molecule has 118 valence electrons. The van der Waals surface area contributed by atoms with Gasteiger partial charge in [0.1, 0.15) is 5.69 Å². The first-order chi connectivity index (χ1) is 10.3. The first-order valence-corrected chi connectivity index (χ1v) is 6.81. The quantitative estimate of drug-likeness (QED) is 0.906. The normalized spacial score (nSPS) is 13.0.